The molecule has 0 fully saturated rings. The molecule has 0 aliphatic heterocycles. The van der Waals surface area contributed by atoms with Gasteiger partial charge >= 0.3 is 0 Å². The van der Waals surface area contributed by atoms with Gasteiger partial charge in [-0.3, -0.25) is 0 Å². The number of furan rings is 1. The van der Waals surface area contributed by atoms with Crippen molar-refractivity contribution in [2.24, 2.45) is 0 Å². The lowest BCUT2D eigenvalue weighted by molar-refractivity contribution is 0.669. The van der Waals surface area contributed by atoms with Crippen LogP contribution in [0, 0.1) is 0 Å². The normalized spacial score (nSPS) is 13.5. The van der Waals surface area contributed by atoms with E-state index in [4.69, 9.17) is 4.42 Å². The summed E-state index contributed by atoms with van der Waals surface area (Å²) in [6.07, 6.45) is 0. The third-order valence-corrected chi connectivity index (χ3v) is 13.5. The first-order valence-electron chi connectivity index (χ1n) is 20.8. The molecule has 10 aromatic carbocycles. The van der Waals surface area contributed by atoms with Crippen molar-refractivity contribution in [2.75, 3.05) is 4.90 Å². The maximum Gasteiger partial charge on any atom is 0.159 e. The number of rotatable bonds is 4. The highest BCUT2D eigenvalue weighted by Gasteiger charge is 2.50. The molecule has 2 aliphatic carbocycles. The summed E-state index contributed by atoms with van der Waals surface area (Å²) < 4.78 is 9.30. The molecule has 14 rings (SSSR count). The highest BCUT2D eigenvalue weighted by molar-refractivity contribution is 6.27. The smallest absolute Gasteiger partial charge is 0.159 e. The molecule has 0 saturated heterocycles. The molecule has 2 aliphatic rings. The molecule has 60 heavy (non-hydrogen) atoms. The first-order valence-corrected chi connectivity index (χ1v) is 20.8. The number of nitrogens with zero attached hydrogens (tertiary/aromatic N) is 2. The highest BCUT2D eigenvalue weighted by Crippen LogP contribution is 2.63. The maximum atomic E-state index is 6.77. The third-order valence-electron chi connectivity index (χ3n) is 13.5. The van der Waals surface area contributed by atoms with Crippen LogP contribution in [0.1, 0.15) is 22.3 Å². The summed E-state index contributed by atoms with van der Waals surface area (Å²) in [6.45, 7) is 0. The molecule has 3 nitrogen and oxygen atoms in total. The van der Waals surface area contributed by atoms with Crippen molar-refractivity contribution >= 4 is 82.4 Å². The zero-order valence-electron chi connectivity index (χ0n) is 32.4. The maximum absolute atomic E-state index is 6.77. The van der Waals surface area contributed by atoms with E-state index in [0.717, 1.165) is 39.0 Å². The molecule has 1 spiro atoms. The largest absolute Gasteiger partial charge is 0.454 e. The fraction of sp³-hybridized carbons (Fsp3) is 0.0175. The molecule has 0 unspecified atom stereocenters. The van der Waals surface area contributed by atoms with Crippen LogP contribution in [-0.2, 0) is 5.41 Å². The van der Waals surface area contributed by atoms with Crippen LogP contribution in [0.5, 0.6) is 0 Å². The monoisotopic (exact) mass is 762 g/mol. The molecule has 0 N–H and O–H groups in total. The number of hydrogen-bond acceptors (Lipinski definition) is 2. The molecular formula is C57H34N2O. The number of benzene rings is 10. The highest BCUT2D eigenvalue weighted by atomic mass is 16.3. The number of fused-ring (bicyclic) bond motifs is 11. The average Bonchev–Trinajstić information content (AvgIpc) is 3.96. The van der Waals surface area contributed by atoms with Crippen molar-refractivity contribution < 1.29 is 4.42 Å². The minimum Gasteiger partial charge on any atom is -0.454 e. The Hall–Kier alpha value is -7.88. The van der Waals surface area contributed by atoms with Gasteiger partial charge in [-0.15, -0.1) is 0 Å². The zero-order chi connectivity index (χ0) is 39.1. The molecule has 0 saturated carbocycles. The van der Waals surface area contributed by atoms with E-state index >= 15 is 0 Å². The summed E-state index contributed by atoms with van der Waals surface area (Å²) in [5.74, 6) is 0. The van der Waals surface area contributed by atoms with Crippen molar-refractivity contribution in [2.45, 2.75) is 5.41 Å². The number of para-hydroxylation sites is 3. The van der Waals surface area contributed by atoms with Crippen LogP contribution in [0.3, 0.4) is 0 Å². The van der Waals surface area contributed by atoms with Crippen LogP contribution in [0.2, 0.25) is 0 Å². The van der Waals surface area contributed by atoms with Gasteiger partial charge in [-0.05, 0) is 104 Å². The van der Waals surface area contributed by atoms with E-state index in [-0.39, 0.29) is 0 Å². The lowest BCUT2D eigenvalue weighted by atomic mass is 9.63. The fourth-order valence-electron chi connectivity index (χ4n) is 11.3. The van der Waals surface area contributed by atoms with Crippen LogP contribution in [-0.4, -0.2) is 4.57 Å². The fourth-order valence-corrected chi connectivity index (χ4v) is 11.3. The van der Waals surface area contributed by atoms with Gasteiger partial charge in [-0.1, -0.05) is 152 Å². The van der Waals surface area contributed by atoms with Crippen LogP contribution in [0.4, 0.5) is 17.1 Å². The number of aromatic nitrogens is 1. The van der Waals surface area contributed by atoms with Gasteiger partial charge in [0.25, 0.3) is 0 Å². The van der Waals surface area contributed by atoms with E-state index < -0.39 is 5.41 Å². The molecule has 12 aromatic rings. The summed E-state index contributed by atoms with van der Waals surface area (Å²) in [5, 5.41) is 9.85. The van der Waals surface area contributed by atoms with Crippen molar-refractivity contribution in [1.29, 1.82) is 0 Å². The Kier molecular flexibility index (Phi) is 6.22. The van der Waals surface area contributed by atoms with Crippen molar-refractivity contribution in [1.82, 2.24) is 4.57 Å². The second kappa shape index (κ2) is 11.6. The molecule has 278 valence electrons. The standard InChI is InChI=1S/C57H34N2O/c1-2-17-37(18-3-1)58(51-29-13-23-43-42-22-8-11-30-52(42)60-56(43)51)38-33-36-31-32-50-55-53(36)47(34-38)57(44-24-9-6-20-40(44)41-21-7-10-25-45(41)57)46-26-14-28-49(54(46)55)59(50)48-27-12-16-35-15-4-5-19-39(35)48/h1-34H. The van der Waals surface area contributed by atoms with Gasteiger partial charge in [0.05, 0.1) is 27.8 Å². The topological polar surface area (TPSA) is 21.3 Å². The van der Waals surface area contributed by atoms with Crippen LogP contribution in [0.25, 0.3) is 82.1 Å². The van der Waals surface area contributed by atoms with Crippen molar-refractivity contribution in [3.63, 3.8) is 0 Å². The first kappa shape index (κ1) is 32.1. The molecule has 3 heteroatoms. The van der Waals surface area contributed by atoms with E-state index in [1.54, 1.807) is 0 Å². The lowest BCUT2D eigenvalue weighted by Gasteiger charge is -2.39. The zero-order valence-corrected chi connectivity index (χ0v) is 32.4. The molecule has 0 amide bonds. The minimum atomic E-state index is -0.582. The summed E-state index contributed by atoms with van der Waals surface area (Å²) >= 11 is 0. The SMILES string of the molecule is c1ccc(N(c2cc3c4c(ccc5c4c4c(cccc4n5-c4cccc5ccccc45)C34c3ccccc3-c3ccccc34)c2)c2cccc3c2oc2ccccc23)cc1. The van der Waals surface area contributed by atoms with Gasteiger partial charge in [0.2, 0.25) is 0 Å². The van der Waals surface area contributed by atoms with Crippen LogP contribution >= 0.6 is 0 Å². The predicted octanol–water partition coefficient (Wildman–Crippen LogP) is 15.1. The molecule has 0 radical (unpaired) electrons. The van der Waals surface area contributed by atoms with E-state index in [9.17, 15) is 0 Å². The Bertz CT molecular complexity index is 3740. The summed E-state index contributed by atoms with van der Waals surface area (Å²) in [4.78, 5) is 2.41. The Morgan fingerprint density at radius 3 is 1.90 bits per heavy atom. The summed E-state index contributed by atoms with van der Waals surface area (Å²) in [5.41, 5.74) is 15.8. The van der Waals surface area contributed by atoms with Gasteiger partial charge in [0.15, 0.2) is 5.58 Å². The second-order valence-corrected chi connectivity index (χ2v) is 16.3. The van der Waals surface area contributed by atoms with E-state index in [2.05, 4.69) is 210 Å². The Balaban J connectivity index is 1.17. The summed E-state index contributed by atoms with van der Waals surface area (Å²) in [6, 6.07) is 76.0. The van der Waals surface area contributed by atoms with Gasteiger partial charge in [0.1, 0.15) is 5.58 Å². The quantitative estimate of drug-likeness (QED) is 0.178. The molecule has 2 heterocycles. The molecular weight excluding hydrogens is 729 g/mol. The first-order chi connectivity index (χ1) is 29.8. The van der Waals surface area contributed by atoms with Gasteiger partial charge in [-0.2, -0.15) is 0 Å². The number of anilines is 3. The van der Waals surface area contributed by atoms with E-state index in [1.165, 1.54) is 82.4 Å². The third kappa shape index (κ3) is 3.94. The Morgan fingerprint density at radius 2 is 1.05 bits per heavy atom. The predicted molar refractivity (Wildman–Crippen MR) is 249 cm³/mol. The number of hydrogen-bond donors (Lipinski definition) is 0. The van der Waals surface area contributed by atoms with Gasteiger partial charge in [0, 0.05) is 38.3 Å². The lowest BCUT2D eigenvalue weighted by Crippen LogP contribution is -2.31. The molecule has 0 bridgehead atoms. The molecule has 2 aromatic heterocycles. The minimum absolute atomic E-state index is 0.582. The average molecular weight is 763 g/mol. The van der Waals surface area contributed by atoms with E-state index in [1.807, 2.05) is 6.07 Å². The van der Waals surface area contributed by atoms with Gasteiger partial charge in [-0.25, -0.2) is 0 Å². The van der Waals surface area contributed by atoms with E-state index in [0.29, 0.717) is 0 Å². The Labute approximate surface area is 345 Å². The van der Waals surface area contributed by atoms with Gasteiger partial charge < -0.3 is 13.9 Å². The van der Waals surface area contributed by atoms with Crippen molar-refractivity contribution in [3.8, 4) is 16.8 Å². The van der Waals surface area contributed by atoms with Crippen LogP contribution < -0.4 is 4.90 Å². The summed E-state index contributed by atoms with van der Waals surface area (Å²) in [7, 11) is 0. The van der Waals surface area contributed by atoms with Crippen LogP contribution in [0.15, 0.2) is 211 Å². The Morgan fingerprint density at radius 1 is 0.400 bits per heavy atom. The second-order valence-electron chi connectivity index (χ2n) is 16.3. The van der Waals surface area contributed by atoms with Crippen molar-refractivity contribution in [3.05, 3.63) is 229 Å². The molecule has 0 atom stereocenters.